The average Bonchev–Trinajstić information content (AvgIpc) is 3.00. The first-order valence-electron chi connectivity index (χ1n) is 8.92. The number of esters is 1. The van der Waals surface area contributed by atoms with Crippen LogP contribution in [0.15, 0.2) is 4.79 Å². The van der Waals surface area contributed by atoms with Crippen molar-refractivity contribution in [3.05, 3.63) is 26.6 Å². The number of aromatic nitrogens is 2. The van der Waals surface area contributed by atoms with Crippen molar-refractivity contribution in [3.8, 4) is 0 Å². The Morgan fingerprint density at radius 1 is 1.28 bits per heavy atom. The molecule has 6 nitrogen and oxygen atoms in total. The summed E-state index contributed by atoms with van der Waals surface area (Å²) in [5.41, 5.74) is 1.05. The van der Waals surface area contributed by atoms with Crippen molar-refractivity contribution in [2.75, 3.05) is 20.2 Å². The van der Waals surface area contributed by atoms with E-state index in [1.54, 1.807) is 11.3 Å². The lowest BCUT2D eigenvalue weighted by atomic mass is 9.97. The number of ether oxygens (including phenoxy) is 1. The molecule has 0 saturated carbocycles. The smallest absolute Gasteiger partial charge is 0.325 e. The summed E-state index contributed by atoms with van der Waals surface area (Å²) in [7, 11) is 1.34. The van der Waals surface area contributed by atoms with Crippen LogP contribution in [0.5, 0.6) is 0 Å². The molecule has 0 unspecified atom stereocenters. The molecule has 0 atom stereocenters. The third kappa shape index (κ3) is 3.48. The molecule has 25 heavy (non-hydrogen) atoms. The van der Waals surface area contributed by atoms with Crippen LogP contribution >= 0.6 is 11.3 Å². The number of hydrogen-bond acceptors (Lipinski definition) is 6. The lowest BCUT2D eigenvalue weighted by Crippen LogP contribution is -2.33. The van der Waals surface area contributed by atoms with Crippen molar-refractivity contribution in [1.82, 2.24) is 14.5 Å². The molecule has 0 N–H and O–H groups in total. The van der Waals surface area contributed by atoms with Gasteiger partial charge in [0, 0.05) is 4.88 Å². The highest BCUT2D eigenvalue weighted by Crippen LogP contribution is 2.33. The van der Waals surface area contributed by atoms with Gasteiger partial charge in [-0.25, -0.2) is 4.98 Å². The van der Waals surface area contributed by atoms with Crippen molar-refractivity contribution in [2.24, 2.45) is 0 Å². The molecular weight excluding hydrogens is 338 g/mol. The summed E-state index contributed by atoms with van der Waals surface area (Å²) in [4.78, 5) is 34.1. The lowest BCUT2D eigenvalue weighted by molar-refractivity contribution is -0.141. The van der Waals surface area contributed by atoms with Crippen LogP contribution in [0.2, 0.25) is 0 Å². The van der Waals surface area contributed by atoms with Crippen molar-refractivity contribution >= 4 is 27.5 Å². The number of nitrogens with zero attached hydrogens (tertiary/aromatic N) is 3. The van der Waals surface area contributed by atoms with Gasteiger partial charge in [-0.1, -0.05) is 13.8 Å². The van der Waals surface area contributed by atoms with Crippen LogP contribution in [0.4, 0.5) is 0 Å². The Labute approximate surface area is 151 Å². The van der Waals surface area contributed by atoms with Crippen molar-refractivity contribution in [3.63, 3.8) is 0 Å². The number of carbonyl (C=O) groups is 1. The molecule has 0 spiro atoms. The average molecular weight is 363 g/mol. The number of thiophene rings is 1. The van der Waals surface area contributed by atoms with Gasteiger partial charge in [-0.3, -0.25) is 19.1 Å². The van der Waals surface area contributed by atoms with Crippen LogP contribution in [0.25, 0.3) is 10.2 Å². The normalized spacial score (nSPS) is 14.1. The number of hydrogen-bond donors (Lipinski definition) is 0. The molecule has 0 saturated heterocycles. The van der Waals surface area contributed by atoms with Crippen LogP contribution in [0.3, 0.4) is 0 Å². The summed E-state index contributed by atoms with van der Waals surface area (Å²) < 4.78 is 6.30. The van der Waals surface area contributed by atoms with Crippen LogP contribution in [0, 0.1) is 0 Å². The van der Waals surface area contributed by atoms with Gasteiger partial charge in [0.15, 0.2) is 0 Å². The topological polar surface area (TPSA) is 64.4 Å². The largest absolute Gasteiger partial charge is 0.468 e. The number of methoxy groups -OCH3 is 1. The Hall–Kier alpha value is -1.73. The van der Waals surface area contributed by atoms with Gasteiger partial charge in [0.05, 0.1) is 19.0 Å². The molecule has 7 heteroatoms. The van der Waals surface area contributed by atoms with Crippen LogP contribution in [-0.2, 0) is 35.5 Å². The van der Waals surface area contributed by atoms with Gasteiger partial charge < -0.3 is 4.74 Å². The van der Waals surface area contributed by atoms with E-state index in [-0.39, 0.29) is 12.1 Å². The fourth-order valence-electron chi connectivity index (χ4n) is 3.41. The minimum Gasteiger partial charge on any atom is -0.468 e. The quantitative estimate of drug-likeness (QED) is 0.737. The monoisotopic (exact) mass is 363 g/mol. The lowest BCUT2D eigenvalue weighted by Gasteiger charge is -2.20. The second-order valence-corrected chi connectivity index (χ2v) is 7.43. The maximum absolute atomic E-state index is 13.2. The van der Waals surface area contributed by atoms with Crippen LogP contribution in [-0.4, -0.2) is 40.6 Å². The Balaban J connectivity index is 2.16. The van der Waals surface area contributed by atoms with E-state index in [2.05, 4.69) is 18.7 Å². The number of aryl methyl sites for hydroxylation is 2. The van der Waals surface area contributed by atoms with E-state index in [4.69, 9.17) is 9.72 Å². The highest BCUT2D eigenvalue weighted by Gasteiger charge is 2.23. The van der Waals surface area contributed by atoms with E-state index >= 15 is 0 Å². The molecule has 0 radical (unpaired) electrons. The first-order valence-corrected chi connectivity index (χ1v) is 9.73. The van der Waals surface area contributed by atoms with E-state index in [0.717, 1.165) is 42.7 Å². The molecule has 2 aromatic rings. The van der Waals surface area contributed by atoms with Gasteiger partial charge in [0.25, 0.3) is 5.56 Å². The summed E-state index contributed by atoms with van der Waals surface area (Å²) in [5, 5.41) is 0.715. The fraction of sp³-hybridized carbons (Fsp3) is 0.611. The summed E-state index contributed by atoms with van der Waals surface area (Å²) in [6, 6.07) is 0. The highest BCUT2D eigenvalue weighted by molar-refractivity contribution is 7.18. The van der Waals surface area contributed by atoms with Crippen molar-refractivity contribution < 1.29 is 9.53 Å². The Morgan fingerprint density at radius 3 is 2.68 bits per heavy atom. The summed E-state index contributed by atoms with van der Waals surface area (Å²) in [6.45, 7) is 6.35. The molecule has 0 aromatic carbocycles. The zero-order valence-corrected chi connectivity index (χ0v) is 15.9. The molecule has 0 aliphatic heterocycles. The second kappa shape index (κ2) is 7.66. The maximum atomic E-state index is 13.2. The number of fused-ring (bicyclic) bond motifs is 3. The summed E-state index contributed by atoms with van der Waals surface area (Å²) in [5.74, 6) is 0.221. The molecule has 0 amide bonds. The van der Waals surface area contributed by atoms with Crippen molar-refractivity contribution in [2.45, 2.75) is 52.6 Å². The third-order valence-electron chi connectivity index (χ3n) is 4.93. The number of rotatable bonds is 6. The van der Waals surface area contributed by atoms with Gasteiger partial charge in [-0.05, 0) is 44.3 Å². The molecule has 1 aliphatic carbocycles. The second-order valence-electron chi connectivity index (χ2n) is 6.35. The van der Waals surface area contributed by atoms with E-state index in [0.29, 0.717) is 17.8 Å². The molecule has 1 aliphatic rings. The zero-order valence-electron chi connectivity index (χ0n) is 15.1. The van der Waals surface area contributed by atoms with Gasteiger partial charge >= 0.3 is 5.97 Å². The minimum absolute atomic E-state index is 0.0838. The molecule has 2 heterocycles. The maximum Gasteiger partial charge on any atom is 0.325 e. The van der Waals surface area contributed by atoms with Crippen molar-refractivity contribution in [1.29, 1.82) is 0 Å². The molecule has 136 valence electrons. The van der Waals surface area contributed by atoms with E-state index < -0.39 is 5.97 Å². The minimum atomic E-state index is -0.423. The molecule has 3 rings (SSSR count). The van der Waals surface area contributed by atoms with Crippen LogP contribution < -0.4 is 5.56 Å². The van der Waals surface area contributed by atoms with Gasteiger partial charge in [0.2, 0.25) is 0 Å². The first-order chi connectivity index (χ1) is 12.1. The predicted molar refractivity (Wildman–Crippen MR) is 99.2 cm³/mol. The van der Waals surface area contributed by atoms with Gasteiger partial charge in [0.1, 0.15) is 17.2 Å². The van der Waals surface area contributed by atoms with Gasteiger partial charge in [-0.2, -0.15) is 0 Å². The van der Waals surface area contributed by atoms with E-state index in [9.17, 15) is 9.59 Å². The number of carbonyl (C=O) groups excluding carboxylic acids is 1. The first kappa shape index (κ1) is 18.1. The van der Waals surface area contributed by atoms with E-state index in [1.807, 2.05) is 0 Å². The fourth-order valence-corrected chi connectivity index (χ4v) is 4.68. The van der Waals surface area contributed by atoms with E-state index in [1.165, 1.54) is 23.0 Å². The molecule has 0 fully saturated rings. The molecule has 0 bridgehead atoms. The summed E-state index contributed by atoms with van der Waals surface area (Å²) >= 11 is 1.64. The molecular formula is C18H25N3O3S. The summed E-state index contributed by atoms with van der Waals surface area (Å²) in [6.07, 6.45) is 4.23. The van der Waals surface area contributed by atoms with Crippen LogP contribution in [0.1, 0.15) is 43.0 Å². The Morgan fingerprint density at radius 2 is 2.00 bits per heavy atom. The SMILES string of the molecule is CCN(CC)Cc1nc2sc3c(c2c(=O)n1CC(=O)OC)CCCC3. The molecule has 2 aromatic heterocycles. The third-order valence-corrected chi connectivity index (χ3v) is 6.11. The highest BCUT2D eigenvalue weighted by atomic mass is 32.1. The zero-order chi connectivity index (χ0) is 18.0. The predicted octanol–water partition coefficient (Wildman–Crippen LogP) is 2.35. The Bertz CT molecular complexity index is 836. The Kier molecular flexibility index (Phi) is 5.54. The standard InChI is InChI=1S/C18H25N3O3S/c1-4-20(5-2)10-14-19-17-16(12-8-6-7-9-13(12)25-17)18(23)21(14)11-15(22)24-3/h4-11H2,1-3H3. The van der Waals surface area contributed by atoms with Gasteiger partial charge in [-0.15, -0.1) is 11.3 Å².